The van der Waals surface area contributed by atoms with Crippen LogP contribution < -0.4 is 0 Å². The van der Waals surface area contributed by atoms with Crippen LogP contribution in [0.15, 0.2) is 10.2 Å². The molecule has 66 valence electrons. The Kier molecular flexibility index (Phi) is 4.04. The molecule has 4 nitrogen and oxygen atoms in total. The lowest BCUT2D eigenvalue weighted by atomic mass is 10.3. The van der Waals surface area contributed by atoms with Gasteiger partial charge in [-0.15, -0.1) is 0 Å². The van der Waals surface area contributed by atoms with Crippen molar-refractivity contribution in [3.8, 4) is 0 Å². The van der Waals surface area contributed by atoms with Crippen molar-refractivity contribution in [1.29, 1.82) is 0 Å². The largest absolute Gasteiger partial charge is 0.293 e. The van der Waals surface area contributed by atoms with E-state index in [1.807, 2.05) is 0 Å². The molecule has 0 atom stereocenters. The number of hydrogen-bond donors (Lipinski definition) is 0. The molecule has 0 radical (unpaired) electrons. The zero-order valence-corrected chi connectivity index (χ0v) is 7.71. The highest BCUT2D eigenvalue weighted by molar-refractivity contribution is 6.39. The molecule has 0 aliphatic carbocycles. The first-order chi connectivity index (χ1) is 5.45. The van der Waals surface area contributed by atoms with Crippen LogP contribution in [-0.4, -0.2) is 23.0 Å². The molecule has 0 aliphatic rings. The molecule has 0 aromatic rings. The van der Waals surface area contributed by atoms with Crippen molar-refractivity contribution < 1.29 is 9.59 Å². The van der Waals surface area contributed by atoms with E-state index in [0.29, 0.717) is 11.4 Å². The maximum Gasteiger partial charge on any atom is 0.175 e. The molecule has 0 aliphatic heterocycles. The van der Waals surface area contributed by atoms with Crippen LogP contribution in [0.3, 0.4) is 0 Å². The number of hydrogen-bond acceptors (Lipinski definition) is 4. The van der Waals surface area contributed by atoms with Crippen molar-refractivity contribution in [3.05, 3.63) is 0 Å². The van der Waals surface area contributed by atoms with Crippen molar-refractivity contribution in [3.63, 3.8) is 0 Å². The fourth-order valence-corrected chi connectivity index (χ4v) is 0.291. The van der Waals surface area contributed by atoms with Crippen LogP contribution in [0, 0.1) is 0 Å². The summed E-state index contributed by atoms with van der Waals surface area (Å²) in [7, 11) is 0. The lowest BCUT2D eigenvalue weighted by Crippen LogP contribution is -2.06. The quantitative estimate of drug-likeness (QED) is 0.466. The van der Waals surface area contributed by atoms with E-state index in [0.717, 1.165) is 0 Å². The molecular weight excluding hydrogens is 156 g/mol. The van der Waals surface area contributed by atoms with Crippen LogP contribution in [0.4, 0.5) is 0 Å². The van der Waals surface area contributed by atoms with Gasteiger partial charge in [-0.25, -0.2) is 0 Å². The van der Waals surface area contributed by atoms with Gasteiger partial charge in [0.05, 0.1) is 0 Å². The highest BCUT2D eigenvalue weighted by atomic mass is 16.1. The third-order valence-corrected chi connectivity index (χ3v) is 1.37. The van der Waals surface area contributed by atoms with Gasteiger partial charge in [-0.3, -0.25) is 9.59 Å². The third kappa shape index (κ3) is 3.75. The van der Waals surface area contributed by atoms with Gasteiger partial charge in [0.1, 0.15) is 11.4 Å². The Balaban J connectivity index is 4.48. The predicted molar refractivity (Wildman–Crippen MR) is 47.6 cm³/mol. The minimum Gasteiger partial charge on any atom is -0.293 e. The summed E-state index contributed by atoms with van der Waals surface area (Å²) in [5, 5.41) is 7.16. The van der Waals surface area contributed by atoms with Crippen molar-refractivity contribution in [2.45, 2.75) is 27.7 Å². The van der Waals surface area contributed by atoms with E-state index in [-0.39, 0.29) is 11.6 Å². The molecule has 0 saturated heterocycles. The number of Topliss-reactive ketones (excluding diaryl/α,β-unsaturated/α-hetero) is 2. The molecule has 0 aromatic heterocycles. The Morgan fingerprint density at radius 2 is 1.00 bits per heavy atom. The van der Waals surface area contributed by atoms with Crippen LogP contribution in [0.5, 0.6) is 0 Å². The first-order valence-electron chi connectivity index (χ1n) is 3.56. The van der Waals surface area contributed by atoms with Crippen LogP contribution >= 0.6 is 0 Å². The second kappa shape index (κ2) is 4.54. The second-order valence-corrected chi connectivity index (χ2v) is 2.48. The van der Waals surface area contributed by atoms with E-state index in [1.54, 1.807) is 13.8 Å². The Morgan fingerprint density at radius 3 is 1.17 bits per heavy atom. The van der Waals surface area contributed by atoms with E-state index >= 15 is 0 Å². The normalized spacial score (nSPS) is 13.0. The smallest absolute Gasteiger partial charge is 0.175 e. The van der Waals surface area contributed by atoms with Gasteiger partial charge < -0.3 is 0 Å². The summed E-state index contributed by atoms with van der Waals surface area (Å²) in [6.07, 6.45) is 0. The standard InChI is InChI=1S/C8H12N2O2/c1-5(7(3)11)9-10-6(2)8(4)12/h1-4H3/b9-5+,10-6+. The molecule has 12 heavy (non-hydrogen) atoms. The number of nitrogens with zero attached hydrogens (tertiary/aromatic N) is 2. The lowest BCUT2D eigenvalue weighted by Gasteiger charge is -1.90. The van der Waals surface area contributed by atoms with Gasteiger partial charge >= 0.3 is 0 Å². The van der Waals surface area contributed by atoms with Crippen molar-refractivity contribution >= 4 is 23.0 Å². The molecule has 0 bridgehead atoms. The molecule has 0 spiro atoms. The lowest BCUT2D eigenvalue weighted by molar-refractivity contribution is -0.112. The number of carbonyl (C=O) groups is 2. The van der Waals surface area contributed by atoms with Crippen LogP contribution in [0.2, 0.25) is 0 Å². The van der Waals surface area contributed by atoms with E-state index in [9.17, 15) is 9.59 Å². The third-order valence-electron chi connectivity index (χ3n) is 1.37. The minimum absolute atomic E-state index is 0.143. The van der Waals surface area contributed by atoms with E-state index < -0.39 is 0 Å². The predicted octanol–water partition coefficient (Wildman–Crippen LogP) is 1.00. The van der Waals surface area contributed by atoms with Gasteiger partial charge in [0.25, 0.3) is 0 Å². The first kappa shape index (κ1) is 10.7. The maximum atomic E-state index is 10.6. The van der Waals surface area contributed by atoms with Crippen molar-refractivity contribution in [2.75, 3.05) is 0 Å². The van der Waals surface area contributed by atoms with E-state index in [1.165, 1.54) is 13.8 Å². The fourth-order valence-electron chi connectivity index (χ4n) is 0.291. The average molecular weight is 168 g/mol. The monoisotopic (exact) mass is 168 g/mol. The SMILES string of the molecule is CC(=O)/C(C)=N/N=C(\C)C(C)=O. The average Bonchev–Trinajstić information content (AvgIpc) is 1.98. The summed E-state index contributed by atoms with van der Waals surface area (Å²) >= 11 is 0. The van der Waals surface area contributed by atoms with E-state index in [2.05, 4.69) is 10.2 Å². The summed E-state index contributed by atoms with van der Waals surface area (Å²) in [4.78, 5) is 21.3. The topological polar surface area (TPSA) is 58.9 Å². The summed E-state index contributed by atoms with van der Waals surface area (Å²) in [5.74, 6) is -0.287. The van der Waals surface area contributed by atoms with Crippen LogP contribution in [0.25, 0.3) is 0 Å². The number of rotatable bonds is 3. The second-order valence-electron chi connectivity index (χ2n) is 2.48. The van der Waals surface area contributed by atoms with Crippen molar-refractivity contribution in [1.82, 2.24) is 0 Å². The van der Waals surface area contributed by atoms with Crippen LogP contribution in [-0.2, 0) is 9.59 Å². The molecule has 0 aromatic carbocycles. The fraction of sp³-hybridized carbons (Fsp3) is 0.500. The Hall–Kier alpha value is -1.32. The summed E-state index contributed by atoms with van der Waals surface area (Å²) in [6, 6.07) is 0. The van der Waals surface area contributed by atoms with Gasteiger partial charge in [0.15, 0.2) is 11.6 Å². The summed E-state index contributed by atoms with van der Waals surface area (Å²) < 4.78 is 0. The van der Waals surface area contributed by atoms with Crippen LogP contribution in [0.1, 0.15) is 27.7 Å². The maximum absolute atomic E-state index is 10.6. The number of ketones is 2. The Labute approximate surface area is 71.4 Å². The molecule has 0 rings (SSSR count). The summed E-state index contributed by atoms with van der Waals surface area (Å²) in [5.41, 5.74) is 0.603. The zero-order valence-electron chi connectivity index (χ0n) is 7.71. The minimum atomic E-state index is -0.143. The van der Waals surface area contributed by atoms with Gasteiger partial charge in [-0.2, -0.15) is 10.2 Å². The molecule has 0 saturated carbocycles. The highest BCUT2D eigenvalue weighted by Gasteiger charge is 1.98. The molecule has 0 heterocycles. The summed E-state index contributed by atoms with van der Waals surface area (Å²) in [6.45, 7) is 5.91. The Morgan fingerprint density at radius 1 is 0.750 bits per heavy atom. The first-order valence-corrected chi connectivity index (χ1v) is 3.56. The Bertz CT molecular complexity index is 236. The molecule has 0 amide bonds. The van der Waals surface area contributed by atoms with E-state index in [4.69, 9.17) is 0 Å². The zero-order chi connectivity index (χ0) is 9.72. The van der Waals surface area contributed by atoms with Gasteiger partial charge in [-0.05, 0) is 13.8 Å². The molecular formula is C8H12N2O2. The van der Waals surface area contributed by atoms with Gasteiger partial charge in [-0.1, -0.05) is 0 Å². The molecule has 0 unspecified atom stereocenters. The number of carbonyl (C=O) groups excluding carboxylic acids is 2. The molecule has 4 heteroatoms. The molecule has 0 fully saturated rings. The van der Waals surface area contributed by atoms with Crippen molar-refractivity contribution in [2.24, 2.45) is 10.2 Å². The highest BCUT2D eigenvalue weighted by Crippen LogP contribution is 1.85. The van der Waals surface area contributed by atoms with Gasteiger partial charge in [0.2, 0.25) is 0 Å². The van der Waals surface area contributed by atoms with Gasteiger partial charge in [0, 0.05) is 13.8 Å². The molecule has 0 N–H and O–H groups in total.